The summed E-state index contributed by atoms with van der Waals surface area (Å²) in [7, 11) is 1.56. The van der Waals surface area contributed by atoms with E-state index in [0.29, 0.717) is 26.3 Å². The molecule has 122 valence electrons. The van der Waals surface area contributed by atoms with Crippen molar-refractivity contribution in [3.05, 3.63) is 29.8 Å². The van der Waals surface area contributed by atoms with Crippen LogP contribution in [0.25, 0.3) is 0 Å². The molecule has 1 saturated heterocycles. The zero-order chi connectivity index (χ0) is 16.2. The third kappa shape index (κ3) is 4.79. The molecule has 0 aromatic heterocycles. The molecule has 1 fully saturated rings. The Morgan fingerprint density at radius 2 is 2.05 bits per heavy atom. The standard InChI is InChI=1S/C13H16F3N3O2S/c1-18(22-19-5-7-21-8-6-19)12(20)17-11-4-2-3-10(9-11)13(14,15)16/h2-4,9H,5-8H2,1H3,(H,17,20). The molecule has 1 aromatic rings. The number of carbonyl (C=O) groups excluding carboxylic acids is 1. The second-order valence-electron chi connectivity index (χ2n) is 4.63. The monoisotopic (exact) mass is 335 g/mol. The molecule has 2 rings (SSSR count). The van der Waals surface area contributed by atoms with Gasteiger partial charge >= 0.3 is 12.2 Å². The maximum atomic E-state index is 12.6. The molecule has 1 heterocycles. The molecular formula is C13H16F3N3O2S. The van der Waals surface area contributed by atoms with Gasteiger partial charge in [0.1, 0.15) is 0 Å². The van der Waals surface area contributed by atoms with E-state index in [2.05, 4.69) is 5.32 Å². The molecule has 1 N–H and O–H groups in total. The van der Waals surface area contributed by atoms with Gasteiger partial charge in [-0.25, -0.2) is 9.10 Å². The normalized spacial score (nSPS) is 16.4. The zero-order valence-corrected chi connectivity index (χ0v) is 12.7. The van der Waals surface area contributed by atoms with Crippen LogP contribution in [0.2, 0.25) is 0 Å². The van der Waals surface area contributed by atoms with Crippen molar-refractivity contribution in [3.63, 3.8) is 0 Å². The van der Waals surface area contributed by atoms with E-state index in [1.165, 1.54) is 28.6 Å². The van der Waals surface area contributed by atoms with Crippen molar-refractivity contribution >= 4 is 23.9 Å². The van der Waals surface area contributed by atoms with E-state index >= 15 is 0 Å². The van der Waals surface area contributed by atoms with E-state index in [1.807, 2.05) is 4.31 Å². The van der Waals surface area contributed by atoms with Crippen molar-refractivity contribution < 1.29 is 22.7 Å². The first-order valence-electron chi connectivity index (χ1n) is 6.59. The number of anilines is 1. The summed E-state index contributed by atoms with van der Waals surface area (Å²) in [6.07, 6.45) is -4.44. The second-order valence-corrected chi connectivity index (χ2v) is 5.86. The predicted molar refractivity (Wildman–Crippen MR) is 78.2 cm³/mol. The van der Waals surface area contributed by atoms with Gasteiger partial charge in [0.05, 0.1) is 18.8 Å². The highest BCUT2D eigenvalue weighted by Gasteiger charge is 2.30. The fourth-order valence-electron chi connectivity index (χ4n) is 1.81. The SMILES string of the molecule is CN(SN1CCOCC1)C(=O)Nc1cccc(C(F)(F)F)c1. The minimum absolute atomic E-state index is 0.106. The molecular weight excluding hydrogens is 319 g/mol. The van der Waals surface area contributed by atoms with Crippen LogP contribution in [0.1, 0.15) is 5.56 Å². The predicted octanol–water partition coefficient (Wildman–Crippen LogP) is 3.06. The second kappa shape index (κ2) is 7.21. The lowest BCUT2D eigenvalue weighted by molar-refractivity contribution is -0.137. The summed E-state index contributed by atoms with van der Waals surface area (Å²) in [5, 5.41) is 2.45. The molecule has 0 unspecified atom stereocenters. The number of morpholine rings is 1. The molecule has 1 aromatic carbocycles. The topological polar surface area (TPSA) is 44.8 Å². The number of alkyl halides is 3. The number of amides is 2. The zero-order valence-electron chi connectivity index (χ0n) is 11.9. The van der Waals surface area contributed by atoms with Crippen LogP contribution in [-0.4, -0.2) is 48.0 Å². The van der Waals surface area contributed by atoms with Crippen molar-refractivity contribution in [1.29, 1.82) is 0 Å². The van der Waals surface area contributed by atoms with Crippen LogP contribution in [0.4, 0.5) is 23.7 Å². The van der Waals surface area contributed by atoms with Gasteiger partial charge in [0.15, 0.2) is 0 Å². The summed E-state index contributed by atoms with van der Waals surface area (Å²) in [6.45, 7) is 2.56. The van der Waals surface area contributed by atoms with Gasteiger partial charge in [0.25, 0.3) is 0 Å². The Kier molecular flexibility index (Phi) is 5.54. The lowest BCUT2D eigenvalue weighted by atomic mass is 10.2. The van der Waals surface area contributed by atoms with Crippen LogP contribution in [-0.2, 0) is 10.9 Å². The average molecular weight is 335 g/mol. The lowest BCUT2D eigenvalue weighted by Crippen LogP contribution is -2.36. The number of hydrogen-bond acceptors (Lipinski definition) is 4. The van der Waals surface area contributed by atoms with Gasteiger partial charge in [0.2, 0.25) is 0 Å². The molecule has 0 bridgehead atoms. The molecule has 0 radical (unpaired) electrons. The summed E-state index contributed by atoms with van der Waals surface area (Å²) < 4.78 is 46.4. The van der Waals surface area contributed by atoms with E-state index in [-0.39, 0.29) is 5.69 Å². The molecule has 22 heavy (non-hydrogen) atoms. The van der Waals surface area contributed by atoms with Gasteiger partial charge < -0.3 is 10.1 Å². The number of benzene rings is 1. The summed E-state index contributed by atoms with van der Waals surface area (Å²) in [6, 6.07) is 4.05. The first-order valence-corrected chi connectivity index (χ1v) is 7.32. The fourth-order valence-corrected chi connectivity index (χ4v) is 2.59. The Balaban J connectivity index is 1.93. The summed E-state index contributed by atoms with van der Waals surface area (Å²) in [5.41, 5.74) is -0.692. The van der Waals surface area contributed by atoms with E-state index in [0.717, 1.165) is 12.1 Å². The van der Waals surface area contributed by atoms with Gasteiger partial charge in [-0.2, -0.15) is 13.2 Å². The highest BCUT2D eigenvalue weighted by Crippen LogP contribution is 2.30. The first kappa shape index (κ1) is 16.9. The Labute approximate surface area is 130 Å². The Bertz CT molecular complexity index is 521. The van der Waals surface area contributed by atoms with Crippen molar-refractivity contribution in [2.24, 2.45) is 0 Å². The lowest BCUT2D eigenvalue weighted by Gasteiger charge is -2.28. The van der Waals surface area contributed by atoms with E-state index in [9.17, 15) is 18.0 Å². The van der Waals surface area contributed by atoms with E-state index in [1.54, 1.807) is 7.05 Å². The van der Waals surface area contributed by atoms with Gasteiger partial charge in [-0.05, 0) is 18.2 Å². The number of halogens is 3. The number of urea groups is 1. The highest BCUT2D eigenvalue weighted by molar-refractivity contribution is 7.95. The molecule has 0 aliphatic carbocycles. The fraction of sp³-hybridized carbons (Fsp3) is 0.462. The van der Waals surface area contributed by atoms with E-state index in [4.69, 9.17) is 4.74 Å². The maximum Gasteiger partial charge on any atom is 0.416 e. The molecule has 5 nitrogen and oxygen atoms in total. The largest absolute Gasteiger partial charge is 0.416 e. The minimum atomic E-state index is -4.44. The molecule has 0 atom stereocenters. The average Bonchev–Trinajstić information content (AvgIpc) is 2.47. The molecule has 2 amide bonds. The third-order valence-corrected chi connectivity index (χ3v) is 3.94. The number of nitrogens with zero attached hydrogens (tertiary/aromatic N) is 2. The molecule has 1 aliphatic heterocycles. The van der Waals surface area contributed by atoms with E-state index < -0.39 is 17.8 Å². The van der Waals surface area contributed by atoms with Crippen molar-refractivity contribution in [2.45, 2.75) is 6.18 Å². The third-order valence-electron chi connectivity index (χ3n) is 2.94. The smallest absolute Gasteiger partial charge is 0.379 e. The van der Waals surface area contributed by atoms with Crippen molar-refractivity contribution in [2.75, 3.05) is 38.7 Å². The van der Waals surface area contributed by atoms with Gasteiger partial charge in [-0.1, -0.05) is 6.07 Å². The van der Waals surface area contributed by atoms with Crippen molar-refractivity contribution in [3.8, 4) is 0 Å². The van der Waals surface area contributed by atoms with Gasteiger partial charge in [-0.15, -0.1) is 0 Å². The Hall–Kier alpha value is -1.45. The number of hydrogen-bond donors (Lipinski definition) is 1. The van der Waals surface area contributed by atoms with Crippen LogP contribution in [0.5, 0.6) is 0 Å². The van der Waals surface area contributed by atoms with Crippen LogP contribution in [0.3, 0.4) is 0 Å². The number of rotatable bonds is 3. The van der Waals surface area contributed by atoms with Crippen LogP contribution in [0, 0.1) is 0 Å². The quantitative estimate of drug-likeness (QED) is 0.863. The minimum Gasteiger partial charge on any atom is -0.379 e. The van der Waals surface area contributed by atoms with Crippen LogP contribution in [0.15, 0.2) is 24.3 Å². The van der Waals surface area contributed by atoms with Crippen LogP contribution >= 0.6 is 12.1 Å². The maximum absolute atomic E-state index is 12.6. The Morgan fingerprint density at radius 1 is 1.36 bits per heavy atom. The summed E-state index contributed by atoms with van der Waals surface area (Å²) >= 11 is 1.21. The number of nitrogens with one attached hydrogen (secondary N) is 1. The van der Waals surface area contributed by atoms with Crippen LogP contribution < -0.4 is 5.32 Å². The van der Waals surface area contributed by atoms with Gasteiger partial charge in [-0.3, -0.25) is 4.31 Å². The molecule has 9 heteroatoms. The molecule has 0 spiro atoms. The van der Waals surface area contributed by atoms with Gasteiger partial charge in [0, 0.05) is 38.0 Å². The number of carbonyl (C=O) groups is 1. The number of ether oxygens (including phenoxy) is 1. The summed E-state index contributed by atoms with van der Waals surface area (Å²) in [4.78, 5) is 12.0. The molecule has 1 aliphatic rings. The summed E-state index contributed by atoms with van der Waals surface area (Å²) in [5.74, 6) is 0. The Morgan fingerprint density at radius 3 is 2.68 bits per heavy atom. The first-order chi connectivity index (χ1) is 10.4. The molecule has 0 saturated carbocycles. The highest BCUT2D eigenvalue weighted by atomic mass is 32.2. The van der Waals surface area contributed by atoms with Crippen molar-refractivity contribution in [1.82, 2.24) is 8.61 Å².